The molecule has 31 heavy (non-hydrogen) atoms. The first-order chi connectivity index (χ1) is 15.1. The van der Waals surface area contributed by atoms with Gasteiger partial charge >= 0.3 is 0 Å². The summed E-state index contributed by atoms with van der Waals surface area (Å²) in [6.45, 7) is 10.3. The van der Waals surface area contributed by atoms with Crippen molar-refractivity contribution in [2.45, 2.75) is 71.5 Å². The standard InChI is InChI=1S/C25H41N5O/c1-20(2)23(29-13-6-4-5-7-14-29)18-28-25(26-3)27-17-21-10-8-11-22(16-21)19-30-15-9-12-24(30)31/h8,10-11,16,20,23H,4-7,9,12-15,17-19H2,1-3H3,(H2,26,27,28). The van der Waals surface area contributed by atoms with Gasteiger partial charge in [-0.1, -0.05) is 51.0 Å². The maximum atomic E-state index is 11.9. The average Bonchev–Trinajstić information content (AvgIpc) is 2.99. The Balaban J connectivity index is 1.50. The minimum Gasteiger partial charge on any atom is -0.355 e. The van der Waals surface area contributed by atoms with Crippen LogP contribution in [0, 0.1) is 5.92 Å². The molecule has 6 nitrogen and oxygen atoms in total. The van der Waals surface area contributed by atoms with Crippen molar-refractivity contribution in [2.24, 2.45) is 10.9 Å². The fraction of sp³-hybridized carbons (Fsp3) is 0.680. The number of likely N-dealkylation sites (tertiary alicyclic amines) is 2. The van der Waals surface area contributed by atoms with E-state index in [-0.39, 0.29) is 5.91 Å². The Morgan fingerprint density at radius 3 is 2.42 bits per heavy atom. The Morgan fingerprint density at radius 1 is 1.03 bits per heavy atom. The SMILES string of the molecule is CN=C(NCc1cccc(CN2CCCC2=O)c1)NCC(C(C)C)N1CCCCCC1. The Labute approximate surface area is 188 Å². The monoisotopic (exact) mass is 427 g/mol. The number of guanidine groups is 1. The predicted molar refractivity (Wildman–Crippen MR) is 128 cm³/mol. The third-order valence-corrected chi connectivity index (χ3v) is 6.58. The molecule has 6 heteroatoms. The molecule has 0 radical (unpaired) electrons. The Morgan fingerprint density at radius 2 is 1.77 bits per heavy atom. The fourth-order valence-corrected chi connectivity index (χ4v) is 4.75. The lowest BCUT2D eigenvalue weighted by atomic mass is 10.0. The van der Waals surface area contributed by atoms with Crippen molar-refractivity contribution in [1.29, 1.82) is 0 Å². The van der Waals surface area contributed by atoms with E-state index < -0.39 is 0 Å². The summed E-state index contributed by atoms with van der Waals surface area (Å²) in [4.78, 5) is 21.0. The van der Waals surface area contributed by atoms with Gasteiger partial charge in [0.2, 0.25) is 5.91 Å². The molecule has 2 heterocycles. The maximum absolute atomic E-state index is 11.9. The number of carbonyl (C=O) groups is 1. The van der Waals surface area contributed by atoms with Crippen molar-refractivity contribution in [3.63, 3.8) is 0 Å². The third kappa shape index (κ3) is 7.23. The molecular weight excluding hydrogens is 386 g/mol. The van der Waals surface area contributed by atoms with Crippen molar-refractivity contribution in [3.05, 3.63) is 35.4 Å². The van der Waals surface area contributed by atoms with E-state index in [0.29, 0.717) is 24.9 Å². The quantitative estimate of drug-likeness (QED) is 0.493. The summed E-state index contributed by atoms with van der Waals surface area (Å²) < 4.78 is 0. The summed E-state index contributed by atoms with van der Waals surface area (Å²) in [7, 11) is 1.83. The largest absolute Gasteiger partial charge is 0.355 e. The van der Waals surface area contributed by atoms with Crippen LogP contribution in [0.3, 0.4) is 0 Å². The highest BCUT2D eigenvalue weighted by Crippen LogP contribution is 2.17. The van der Waals surface area contributed by atoms with E-state index in [1.54, 1.807) is 0 Å². The Kier molecular flexibility index (Phi) is 9.19. The first-order valence-electron chi connectivity index (χ1n) is 12.1. The number of hydrogen-bond donors (Lipinski definition) is 2. The van der Waals surface area contributed by atoms with Gasteiger partial charge in [0.05, 0.1) is 0 Å². The second kappa shape index (κ2) is 12.1. The second-order valence-electron chi connectivity index (χ2n) is 9.31. The molecule has 0 aromatic heterocycles. The van der Waals surface area contributed by atoms with Gasteiger partial charge < -0.3 is 15.5 Å². The van der Waals surface area contributed by atoms with Crippen LogP contribution in [0.4, 0.5) is 0 Å². The first kappa shape index (κ1) is 23.6. The summed E-state index contributed by atoms with van der Waals surface area (Å²) in [5, 5.41) is 7.03. The van der Waals surface area contributed by atoms with Crippen LogP contribution in [0.25, 0.3) is 0 Å². The van der Waals surface area contributed by atoms with Crippen LogP contribution in [-0.2, 0) is 17.9 Å². The number of amides is 1. The normalized spacial score (nSPS) is 19.5. The van der Waals surface area contributed by atoms with Crippen molar-refractivity contribution in [3.8, 4) is 0 Å². The molecule has 1 aromatic rings. The smallest absolute Gasteiger partial charge is 0.222 e. The van der Waals surface area contributed by atoms with Crippen LogP contribution in [0.2, 0.25) is 0 Å². The van der Waals surface area contributed by atoms with Crippen LogP contribution < -0.4 is 10.6 Å². The van der Waals surface area contributed by atoms with Crippen LogP contribution in [0.1, 0.15) is 63.5 Å². The van der Waals surface area contributed by atoms with E-state index in [4.69, 9.17) is 0 Å². The number of aliphatic imine (C=N–C) groups is 1. The molecule has 1 amide bonds. The molecule has 3 rings (SSSR count). The summed E-state index contributed by atoms with van der Waals surface area (Å²) in [6.07, 6.45) is 7.03. The van der Waals surface area contributed by atoms with Gasteiger partial charge in [0.1, 0.15) is 0 Å². The summed E-state index contributed by atoms with van der Waals surface area (Å²) in [5.41, 5.74) is 2.40. The molecule has 0 spiro atoms. The van der Waals surface area contributed by atoms with E-state index >= 15 is 0 Å². The van der Waals surface area contributed by atoms with E-state index in [2.05, 4.69) is 58.6 Å². The number of carbonyl (C=O) groups excluding carboxylic acids is 1. The van der Waals surface area contributed by atoms with E-state index in [9.17, 15) is 4.79 Å². The highest BCUT2D eigenvalue weighted by molar-refractivity contribution is 5.79. The molecule has 2 N–H and O–H groups in total. The van der Waals surface area contributed by atoms with Gasteiger partial charge in [-0.3, -0.25) is 14.7 Å². The zero-order chi connectivity index (χ0) is 22.1. The molecule has 2 fully saturated rings. The van der Waals surface area contributed by atoms with Crippen molar-refractivity contribution >= 4 is 11.9 Å². The number of hydrogen-bond acceptors (Lipinski definition) is 3. The lowest BCUT2D eigenvalue weighted by Crippen LogP contribution is -2.49. The third-order valence-electron chi connectivity index (χ3n) is 6.58. The number of rotatable bonds is 8. The van der Waals surface area contributed by atoms with Crippen molar-refractivity contribution in [2.75, 3.05) is 33.2 Å². The van der Waals surface area contributed by atoms with Gasteiger partial charge in [-0.15, -0.1) is 0 Å². The second-order valence-corrected chi connectivity index (χ2v) is 9.31. The first-order valence-corrected chi connectivity index (χ1v) is 12.1. The molecule has 2 aliphatic heterocycles. The fourth-order valence-electron chi connectivity index (χ4n) is 4.75. The van der Waals surface area contributed by atoms with Crippen molar-refractivity contribution in [1.82, 2.24) is 20.4 Å². The summed E-state index contributed by atoms with van der Waals surface area (Å²) in [5.74, 6) is 1.73. The Hall–Kier alpha value is -2.08. The van der Waals surface area contributed by atoms with Crippen LogP contribution >= 0.6 is 0 Å². The Bertz CT molecular complexity index is 724. The maximum Gasteiger partial charge on any atom is 0.222 e. The van der Waals surface area contributed by atoms with E-state index in [1.807, 2.05) is 11.9 Å². The predicted octanol–water partition coefficient (Wildman–Crippen LogP) is 3.37. The molecule has 172 valence electrons. The molecule has 1 atom stereocenters. The molecule has 1 unspecified atom stereocenters. The van der Waals surface area contributed by atoms with E-state index in [0.717, 1.165) is 32.0 Å². The minimum atomic E-state index is 0.275. The van der Waals surface area contributed by atoms with Crippen LogP contribution in [0.5, 0.6) is 0 Å². The highest BCUT2D eigenvalue weighted by atomic mass is 16.2. The molecule has 0 saturated carbocycles. The lowest BCUT2D eigenvalue weighted by molar-refractivity contribution is -0.128. The van der Waals surface area contributed by atoms with Gasteiger partial charge in [-0.2, -0.15) is 0 Å². The highest BCUT2D eigenvalue weighted by Gasteiger charge is 2.23. The van der Waals surface area contributed by atoms with Gasteiger partial charge in [0.25, 0.3) is 0 Å². The number of nitrogens with one attached hydrogen (secondary N) is 2. The van der Waals surface area contributed by atoms with Gasteiger partial charge in [-0.05, 0) is 49.4 Å². The topological polar surface area (TPSA) is 60.0 Å². The molecule has 0 bridgehead atoms. The molecule has 1 aromatic carbocycles. The zero-order valence-corrected chi connectivity index (χ0v) is 19.7. The van der Waals surface area contributed by atoms with Crippen molar-refractivity contribution < 1.29 is 4.79 Å². The molecule has 0 aliphatic carbocycles. The van der Waals surface area contributed by atoms with Gasteiger partial charge in [0.15, 0.2) is 5.96 Å². The number of nitrogens with zero attached hydrogens (tertiary/aromatic N) is 3. The summed E-state index contributed by atoms with van der Waals surface area (Å²) in [6, 6.07) is 9.04. The summed E-state index contributed by atoms with van der Waals surface area (Å²) >= 11 is 0. The van der Waals surface area contributed by atoms with Crippen LogP contribution in [0.15, 0.2) is 29.3 Å². The van der Waals surface area contributed by atoms with Gasteiger partial charge in [0, 0.05) is 45.7 Å². The van der Waals surface area contributed by atoms with Crippen LogP contribution in [-0.4, -0.2) is 60.9 Å². The lowest BCUT2D eigenvalue weighted by Gasteiger charge is -2.34. The minimum absolute atomic E-state index is 0.275. The number of benzene rings is 1. The molecule has 2 aliphatic rings. The molecule has 2 saturated heterocycles. The molecular formula is C25H41N5O. The zero-order valence-electron chi connectivity index (χ0n) is 19.7. The van der Waals surface area contributed by atoms with Gasteiger partial charge in [-0.25, -0.2) is 0 Å². The van der Waals surface area contributed by atoms with E-state index in [1.165, 1.54) is 49.9 Å². The average molecular weight is 428 g/mol.